The first-order valence-corrected chi connectivity index (χ1v) is 10.3. The second kappa shape index (κ2) is 8.88. The van der Waals surface area contributed by atoms with E-state index in [1.165, 1.54) is 4.90 Å². The fourth-order valence-electron chi connectivity index (χ4n) is 3.58. The van der Waals surface area contributed by atoms with Crippen molar-refractivity contribution >= 4 is 28.8 Å². The van der Waals surface area contributed by atoms with Crippen molar-refractivity contribution in [3.8, 4) is 5.75 Å². The minimum atomic E-state index is -0.377. The van der Waals surface area contributed by atoms with Crippen LogP contribution in [0.25, 0.3) is 5.57 Å². The molecule has 1 N–H and O–H groups in total. The predicted octanol–water partition coefficient (Wildman–Crippen LogP) is 5.18. The van der Waals surface area contributed by atoms with Crippen LogP contribution in [-0.4, -0.2) is 18.4 Å². The molecule has 0 saturated carbocycles. The molecule has 0 fully saturated rings. The molecule has 3 aromatic rings. The lowest BCUT2D eigenvalue weighted by molar-refractivity contribution is -0.120. The number of hydrogen-bond donors (Lipinski definition) is 1. The predicted molar refractivity (Wildman–Crippen MR) is 123 cm³/mol. The number of carbonyl (C=O) groups excluding carboxylic acids is 2. The molecule has 1 heterocycles. The standard InChI is InChI=1S/C26H24N2O3/c1-3-16-31-21-14-9-13-20(17-21)27-24-23(19-11-5-4-6-12-19)25(29)28(26(24)30)22-15-8-7-10-18(22)2/h4-15,17,27H,3,16H2,1-2H3. The molecule has 31 heavy (non-hydrogen) atoms. The molecule has 0 spiro atoms. The molecule has 5 nitrogen and oxygen atoms in total. The highest BCUT2D eigenvalue weighted by Crippen LogP contribution is 2.35. The molecule has 1 aliphatic rings. The maximum Gasteiger partial charge on any atom is 0.282 e. The van der Waals surface area contributed by atoms with Crippen molar-refractivity contribution in [3.63, 3.8) is 0 Å². The maximum atomic E-state index is 13.5. The maximum absolute atomic E-state index is 13.5. The molecule has 0 unspecified atom stereocenters. The summed E-state index contributed by atoms with van der Waals surface area (Å²) < 4.78 is 5.71. The Morgan fingerprint density at radius 3 is 2.35 bits per heavy atom. The van der Waals surface area contributed by atoms with E-state index in [0.29, 0.717) is 34.9 Å². The lowest BCUT2D eigenvalue weighted by Crippen LogP contribution is -2.33. The van der Waals surface area contributed by atoms with Crippen LogP contribution in [0.1, 0.15) is 24.5 Å². The summed E-state index contributed by atoms with van der Waals surface area (Å²) in [6, 6.07) is 24.1. The number of benzene rings is 3. The normalized spacial score (nSPS) is 13.7. The Bertz CT molecular complexity index is 1150. The fourth-order valence-corrected chi connectivity index (χ4v) is 3.58. The molecule has 1 aliphatic heterocycles. The van der Waals surface area contributed by atoms with Crippen LogP contribution in [0.2, 0.25) is 0 Å². The van der Waals surface area contributed by atoms with Gasteiger partial charge in [-0.1, -0.05) is 61.5 Å². The molecule has 0 bridgehead atoms. The number of nitrogens with one attached hydrogen (secondary N) is 1. The Labute approximate surface area is 182 Å². The lowest BCUT2D eigenvalue weighted by Gasteiger charge is -2.17. The van der Waals surface area contributed by atoms with Gasteiger partial charge in [0.05, 0.1) is 17.9 Å². The molecule has 3 aromatic carbocycles. The molecule has 5 heteroatoms. The van der Waals surface area contributed by atoms with Gasteiger partial charge in [-0.15, -0.1) is 0 Å². The third-order valence-electron chi connectivity index (χ3n) is 5.08. The van der Waals surface area contributed by atoms with E-state index in [4.69, 9.17) is 4.74 Å². The number of rotatable bonds is 7. The van der Waals surface area contributed by atoms with Crippen molar-refractivity contribution in [3.05, 3.63) is 95.7 Å². The first-order chi connectivity index (χ1) is 15.1. The van der Waals surface area contributed by atoms with Crippen molar-refractivity contribution in [2.24, 2.45) is 0 Å². The van der Waals surface area contributed by atoms with Crippen LogP contribution in [0.3, 0.4) is 0 Å². The number of anilines is 2. The van der Waals surface area contributed by atoms with Crippen LogP contribution in [0.4, 0.5) is 11.4 Å². The van der Waals surface area contributed by atoms with E-state index in [2.05, 4.69) is 5.32 Å². The number of ether oxygens (including phenoxy) is 1. The van der Waals surface area contributed by atoms with Crippen molar-refractivity contribution in [1.29, 1.82) is 0 Å². The Balaban J connectivity index is 1.76. The number of imide groups is 1. The first kappa shape index (κ1) is 20.4. The topological polar surface area (TPSA) is 58.6 Å². The molecule has 0 radical (unpaired) electrons. The first-order valence-electron chi connectivity index (χ1n) is 10.3. The van der Waals surface area contributed by atoms with Crippen molar-refractivity contribution in [1.82, 2.24) is 0 Å². The van der Waals surface area contributed by atoms with Crippen LogP contribution < -0.4 is 15.0 Å². The van der Waals surface area contributed by atoms with Crippen LogP contribution in [0.5, 0.6) is 5.75 Å². The number of carbonyl (C=O) groups is 2. The average Bonchev–Trinajstić information content (AvgIpc) is 3.03. The van der Waals surface area contributed by atoms with Gasteiger partial charge in [0.15, 0.2) is 0 Å². The quantitative estimate of drug-likeness (QED) is 0.543. The Hall–Kier alpha value is -3.86. The third-order valence-corrected chi connectivity index (χ3v) is 5.08. The highest BCUT2D eigenvalue weighted by molar-refractivity contribution is 6.46. The van der Waals surface area contributed by atoms with Gasteiger partial charge in [-0.3, -0.25) is 9.59 Å². The van der Waals surface area contributed by atoms with Gasteiger partial charge in [-0.05, 0) is 42.7 Å². The molecule has 2 amide bonds. The number of amides is 2. The van der Waals surface area contributed by atoms with Gasteiger partial charge in [-0.2, -0.15) is 0 Å². The number of hydrogen-bond acceptors (Lipinski definition) is 4. The van der Waals surface area contributed by atoms with E-state index >= 15 is 0 Å². The van der Waals surface area contributed by atoms with Crippen LogP contribution in [0, 0.1) is 6.92 Å². The summed E-state index contributed by atoms with van der Waals surface area (Å²) in [5.74, 6) is -0.00864. The second-order valence-electron chi connectivity index (χ2n) is 7.35. The van der Waals surface area contributed by atoms with Gasteiger partial charge < -0.3 is 10.1 Å². The van der Waals surface area contributed by atoms with Gasteiger partial charge in [-0.25, -0.2) is 4.90 Å². The summed E-state index contributed by atoms with van der Waals surface area (Å²) in [5, 5.41) is 3.19. The third kappa shape index (κ3) is 4.08. The van der Waals surface area contributed by atoms with E-state index < -0.39 is 0 Å². The summed E-state index contributed by atoms with van der Waals surface area (Å²) in [4.78, 5) is 28.2. The summed E-state index contributed by atoms with van der Waals surface area (Å²) in [6.45, 7) is 4.54. The zero-order valence-corrected chi connectivity index (χ0v) is 17.6. The van der Waals surface area contributed by atoms with Gasteiger partial charge in [0.2, 0.25) is 0 Å². The number of aryl methyl sites for hydroxylation is 1. The fraction of sp³-hybridized carbons (Fsp3) is 0.154. The molecule has 0 aliphatic carbocycles. The van der Waals surface area contributed by atoms with E-state index in [0.717, 1.165) is 12.0 Å². The molecular formula is C26H24N2O3. The Morgan fingerprint density at radius 1 is 0.871 bits per heavy atom. The van der Waals surface area contributed by atoms with E-state index in [-0.39, 0.29) is 17.5 Å². The van der Waals surface area contributed by atoms with Gasteiger partial charge in [0.25, 0.3) is 11.8 Å². The summed E-state index contributed by atoms with van der Waals surface area (Å²) >= 11 is 0. The largest absolute Gasteiger partial charge is 0.494 e. The molecule has 4 rings (SSSR count). The SMILES string of the molecule is CCCOc1cccc(NC2=C(c3ccccc3)C(=O)N(c3ccccc3C)C2=O)c1. The van der Waals surface area contributed by atoms with Crippen molar-refractivity contribution in [2.75, 3.05) is 16.8 Å². The number of para-hydroxylation sites is 1. The molecule has 0 aromatic heterocycles. The zero-order chi connectivity index (χ0) is 21.8. The highest BCUT2D eigenvalue weighted by Gasteiger charge is 2.40. The molecular weight excluding hydrogens is 388 g/mol. The monoisotopic (exact) mass is 412 g/mol. The van der Waals surface area contributed by atoms with E-state index in [9.17, 15) is 9.59 Å². The molecule has 156 valence electrons. The minimum Gasteiger partial charge on any atom is -0.494 e. The zero-order valence-electron chi connectivity index (χ0n) is 17.6. The van der Waals surface area contributed by atoms with Gasteiger partial charge in [0.1, 0.15) is 11.4 Å². The van der Waals surface area contributed by atoms with Gasteiger partial charge >= 0.3 is 0 Å². The molecule has 0 atom stereocenters. The summed E-state index contributed by atoms with van der Waals surface area (Å²) in [7, 11) is 0. The van der Waals surface area contributed by atoms with Crippen LogP contribution in [0.15, 0.2) is 84.6 Å². The average molecular weight is 412 g/mol. The van der Waals surface area contributed by atoms with Crippen molar-refractivity contribution in [2.45, 2.75) is 20.3 Å². The van der Waals surface area contributed by atoms with E-state index in [1.807, 2.05) is 86.6 Å². The molecule has 0 saturated heterocycles. The smallest absolute Gasteiger partial charge is 0.282 e. The van der Waals surface area contributed by atoms with Gasteiger partial charge in [0, 0.05) is 11.8 Å². The highest BCUT2D eigenvalue weighted by atomic mass is 16.5. The minimum absolute atomic E-state index is 0.257. The second-order valence-corrected chi connectivity index (χ2v) is 7.35. The Kier molecular flexibility index (Phi) is 5.85. The summed E-state index contributed by atoms with van der Waals surface area (Å²) in [6.07, 6.45) is 0.902. The lowest BCUT2D eigenvalue weighted by atomic mass is 10.0. The Morgan fingerprint density at radius 2 is 1.61 bits per heavy atom. The van der Waals surface area contributed by atoms with Crippen LogP contribution in [-0.2, 0) is 9.59 Å². The van der Waals surface area contributed by atoms with E-state index in [1.54, 1.807) is 6.07 Å². The number of nitrogens with zero attached hydrogens (tertiary/aromatic N) is 1. The van der Waals surface area contributed by atoms with Crippen LogP contribution >= 0.6 is 0 Å². The van der Waals surface area contributed by atoms with Crippen molar-refractivity contribution < 1.29 is 14.3 Å². The summed E-state index contributed by atoms with van der Waals surface area (Å²) in [5.41, 5.74) is 3.43.